The van der Waals surface area contributed by atoms with E-state index in [1.54, 1.807) is 19.6 Å². The lowest BCUT2D eigenvalue weighted by molar-refractivity contribution is 0.0846. The normalized spacial score (nSPS) is 19.4. The monoisotopic (exact) mass is 1820 g/mol. The summed E-state index contributed by atoms with van der Waals surface area (Å²) in [7, 11) is 7.39. The number of benzene rings is 10. The van der Waals surface area contributed by atoms with Crippen molar-refractivity contribution in [3.63, 3.8) is 0 Å². The molecule has 0 bridgehead atoms. The highest BCUT2D eigenvalue weighted by Gasteiger charge is 2.54. The Morgan fingerprint density at radius 2 is 0.514 bits per heavy atom. The van der Waals surface area contributed by atoms with Crippen LogP contribution in [0.1, 0.15) is 200 Å². The Balaban J connectivity index is 0.000000103. The number of fused-ring (bicyclic) bond motifs is 16. The fourth-order valence-corrected chi connectivity index (χ4v) is 22.9. The van der Waals surface area contributed by atoms with Gasteiger partial charge in [-0.3, -0.25) is 58.4 Å². The number of guanidine groups is 4. The van der Waals surface area contributed by atoms with E-state index in [-0.39, 0.29) is 46.8 Å². The molecule has 8 aliphatic heterocycles. The molecule has 0 unspecified atom stereocenters. The zero-order valence-corrected chi connectivity index (χ0v) is 78.6. The summed E-state index contributed by atoms with van der Waals surface area (Å²) in [6.45, 7) is 4.08. The van der Waals surface area contributed by atoms with E-state index in [0.717, 1.165) is 157 Å². The smallest absolute Gasteiger partial charge is 0.280 e. The Morgan fingerprint density at radius 3 is 0.812 bits per heavy atom. The number of carbonyl (C=O) groups is 4. The molecular formula is C114H112N20O4. The molecule has 4 saturated carbocycles. The lowest BCUT2D eigenvalue weighted by Crippen LogP contribution is -2.51. The van der Waals surface area contributed by atoms with E-state index < -0.39 is 0 Å². The summed E-state index contributed by atoms with van der Waals surface area (Å²) in [6, 6.07) is 101. The molecule has 12 heterocycles. The molecule has 4 amide bonds. The summed E-state index contributed by atoms with van der Waals surface area (Å²) in [5, 5.41) is 0. The van der Waals surface area contributed by atoms with Gasteiger partial charge in [-0.1, -0.05) is 317 Å². The van der Waals surface area contributed by atoms with E-state index in [0.29, 0.717) is 86.7 Å². The Kier molecular flexibility index (Phi) is 23.0. The lowest BCUT2D eigenvalue weighted by Gasteiger charge is -2.34. The van der Waals surface area contributed by atoms with Crippen molar-refractivity contribution in [2.75, 3.05) is 60.9 Å². The molecule has 24 heteroatoms. The zero-order chi connectivity index (χ0) is 93.3. The molecule has 14 aromatic rings. The van der Waals surface area contributed by atoms with Crippen LogP contribution in [0, 0.1) is 0 Å². The molecule has 4 aliphatic carbocycles. The van der Waals surface area contributed by atoms with Crippen LogP contribution in [0.3, 0.4) is 0 Å². The van der Waals surface area contributed by atoms with Crippen molar-refractivity contribution in [3.8, 4) is 22.3 Å². The van der Waals surface area contributed by atoms with E-state index in [1.807, 2.05) is 150 Å². The van der Waals surface area contributed by atoms with Crippen molar-refractivity contribution < 1.29 is 19.2 Å². The second-order valence-corrected chi connectivity index (χ2v) is 38.9. The summed E-state index contributed by atoms with van der Waals surface area (Å²) in [5.74, 6) is 9.71. The van der Waals surface area contributed by atoms with Crippen LogP contribution < -0.4 is 19.6 Å². The quantitative estimate of drug-likeness (QED) is 0.0784. The standard InChI is InChI=1S/C32H31N5O.C31H29N5O.C26H27N5O.C25H25N5O/c1-35-30(38)28-29(37-22-32(34-31(35)37)18-8-9-19-32)33-27(36(28)21-24-10-4-2-5-11-24)20-23-14-16-26(17-15-23)25-12-6-3-7-13-25;1-34-30(37)28-29(36-26-14-8-13-25(26)32-31(34)36)33-27(35(28)20-22-9-4-2-5-10-22)19-21-15-17-24(18-16-21)23-11-6-3-7-12-23;1-29-24(32)22-23(31-18-26(28-25(29)31)14-8-9-15-26)27-21(16-19-10-4-2-5-11-19)30(22)17-20-12-6-3-7-13-20;1-28-24(31)22-23(30-20-14-8-13-19(20)26-25(28)30)27-21(15-17-9-4-2-5-10-17)29(22)16-18-11-6-3-7-12-18/h2-7,10-17H,8-9,18-22H2,1H3;2-7,9-12,15-18,25-26H,8,13-14,19-20H2,1H3;2-7,10-13H,8-9,14-18H2,1H3;2-7,9-12,19-20H,8,13-16H2,1H3/t;25-,26+;;19-,20+/m.1.1/s1. The molecule has 0 radical (unpaired) electrons. The summed E-state index contributed by atoms with van der Waals surface area (Å²) in [6.07, 6.45) is 18.5. The van der Waals surface area contributed by atoms with Gasteiger partial charge < -0.3 is 18.3 Å². The van der Waals surface area contributed by atoms with E-state index in [4.69, 9.17) is 39.9 Å². The van der Waals surface area contributed by atoms with Crippen LogP contribution in [0.4, 0.5) is 23.3 Å². The second-order valence-electron chi connectivity index (χ2n) is 38.9. The Labute approximate surface area is 804 Å². The van der Waals surface area contributed by atoms with Gasteiger partial charge in [0.15, 0.2) is 46.0 Å². The van der Waals surface area contributed by atoms with Crippen LogP contribution >= 0.6 is 0 Å². The highest BCUT2D eigenvalue weighted by atomic mass is 16.2. The Bertz CT molecular complexity index is 7050. The van der Waals surface area contributed by atoms with Crippen LogP contribution in [0.5, 0.6) is 0 Å². The number of aromatic nitrogens is 8. The molecule has 0 saturated heterocycles. The number of nitrogens with zero attached hydrogens (tertiary/aromatic N) is 20. The minimum Gasteiger partial charge on any atom is -0.317 e. The molecular weight excluding hydrogens is 1710 g/mol. The minimum absolute atomic E-state index is 0.0206. The third-order valence-electron chi connectivity index (χ3n) is 30.0. The van der Waals surface area contributed by atoms with Crippen LogP contribution in [0.2, 0.25) is 0 Å². The predicted octanol–water partition coefficient (Wildman–Crippen LogP) is 18.9. The summed E-state index contributed by atoms with van der Waals surface area (Å²) in [5.41, 5.74) is 16.7. The average molecular weight is 1830 g/mol. The maximum absolute atomic E-state index is 13.8. The van der Waals surface area contributed by atoms with Crippen LogP contribution in [-0.2, 0) is 51.9 Å². The first kappa shape index (κ1) is 86.9. The van der Waals surface area contributed by atoms with E-state index in [2.05, 4.69) is 208 Å². The maximum atomic E-state index is 13.8. The molecule has 138 heavy (non-hydrogen) atoms. The summed E-state index contributed by atoms with van der Waals surface area (Å²) >= 11 is 0. The number of hydrogen-bond acceptors (Lipinski definition) is 16. The zero-order valence-electron chi connectivity index (χ0n) is 78.6. The second kappa shape index (κ2) is 36.5. The number of amides is 4. The van der Waals surface area contributed by atoms with E-state index in [1.165, 1.54) is 83.0 Å². The molecule has 4 aromatic heterocycles. The molecule has 4 atom stereocenters. The fourth-order valence-electron chi connectivity index (χ4n) is 22.9. The first-order valence-corrected chi connectivity index (χ1v) is 49.1. The van der Waals surface area contributed by atoms with Crippen molar-refractivity contribution >= 4 is 70.7 Å². The van der Waals surface area contributed by atoms with Crippen molar-refractivity contribution in [1.82, 2.24) is 57.8 Å². The SMILES string of the molecule is CN1C(=O)c2c(nc(Cc3ccc(-c4ccccc4)cc3)n2Cc2ccccc2)N2C1=N[C@@H]1CCC[C@@H]12.CN1C(=O)c2c(nc(Cc3ccc(-c4ccccc4)cc3)n2Cc2ccccc2)N2CC3(CCCC3)N=C12.CN1C(=O)c2c(nc(Cc3ccccc3)n2Cc2ccccc2)N2C1=N[C@@H]1CCC[C@@H]12.CN1C(=O)c2c(nc(Cc3ccccc3)n2Cc2ccccc2)N2CC3(CCCC3)N=C12. The van der Waals surface area contributed by atoms with Crippen LogP contribution in [0.25, 0.3) is 22.3 Å². The number of rotatable bonds is 18. The van der Waals surface area contributed by atoms with Crippen molar-refractivity contribution in [2.45, 2.75) is 177 Å². The predicted molar refractivity (Wildman–Crippen MR) is 542 cm³/mol. The van der Waals surface area contributed by atoms with Gasteiger partial charge in [0.25, 0.3) is 23.6 Å². The maximum Gasteiger partial charge on any atom is 0.280 e. The molecule has 26 rings (SSSR count). The number of anilines is 4. The summed E-state index contributed by atoms with van der Waals surface area (Å²) < 4.78 is 8.50. The fraction of sp³-hybridized carbons (Fsp3) is 0.298. The highest BCUT2D eigenvalue weighted by Crippen LogP contribution is 2.48. The number of aliphatic imine (C=N–C) groups is 4. The van der Waals surface area contributed by atoms with Crippen molar-refractivity contribution in [1.29, 1.82) is 0 Å². The summed E-state index contributed by atoms with van der Waals surface area (Å²) in [4.78, 5) is 111. The van der Waals surface area contributed by atoms with Gasteiger partial charge in [0.05, 0.1) is 48.3 Å². The molecule has 2 spiro atoms. The molecule has 0 N–H and O–H groups in total. The lowest BCUT2D eigenvalue weighted by atomic mass is 9.99. The van der Waals surface area contributed by atoms with Crippen LogP contribution in [0.15, 0.2) is 311 Å². The number of carbonyl (C=O) groups excluding carboxylic acids is 4. The van der Waals surface area contributed by atoms with Crippen molar-refractivity contribution in [3.05, 3.63) is 382 Å². The topological polar surface area (TPSA) is 215 Å². The van der Waals surface area contributed by atoms with Gasteiger partial charge in [-0.25, -0.2) is 39.9 Å². The molecule has 10 aromatic carbocycles. The highest BCUT2D eigenvalue weighted by molar-refractivity contribution is 6.21. The van der Waals surface area contributed by atoms with Gasteiger partial charge >= 0.3 is 0 Å². The van der Waals surface area contributed by atoms with Crippen LogP contribution in [-0.4, -0.2) is 182 Å². The number of hydrogen-bond donors (Lipinski definition) is 0. The first-order chi connectivity index (χ1) is 67.6. The first-order valence-electron chi connectivity index (χ1n) is 49.1. The van der Waals surface area contributed by atoms with Gasteiger partial charge in [0.2, 0.25) is 23.8 Å². The van der Waals surface area contributed by atoms with Gasteiger partial charge in [-0.2, -0.15) is 0 Å². The van der Waals surface area contributed by atoms with Gasteiger partial charge in [-0.15, -0.1) is 0 Å². The Hall–Kier alpha value is -15.2. The van der Waals surface area contributed by atoms with Gasteiger partial charge in [-0.05, 0) is 131 Å². The average Bonchev–Trinajstić information content (AvgIpc) is 1.57. The Morgan fingerprint density at radius 1 is 0.268 bits per heavy atom. The molecule has 4 fully saturated rings. The van der Waals surface area contributed by atoms with Gasteiger partial charge in [0.1, 0.15) is 23.3 Å². The van der Waals surface area contributed by atoms with E-state index in [9.17, 15) is 19.2 Å². The molecule has 692 valence electrons. The number of imidazole rings is 4. The third kappa shape index (κ3) is 16.2. The molecule has 24 nitrogen and oxygen atoms in total. The van der Waals surface area contributed by atoms with E-state index >= 15 is 0 Å². The molecule has 12 aliphatic rings. The van der Waals surface area contributed by atoms with Gasteiger partial charge in [0, 0.05) is 80.1 Å². The third-order valence-corrected chi connectivity index (χ3v) is 30.0. The largest absolute Gasteiger partial charge is 0.317 e. The minimum atomic E-state index is -0.0812. The van der Waals surface area contributed by atoms with Crippen molar-refractivity contribution in [2.24, 2.45) is 20.0 Å².